The number of rotatable bonds is 6. The SMILES string of the molecule is Cc1cc(C)cc(NC(=O)Cc2ccc(O[C@H](F)C(=O)O)cc2)c1. The molecule has 0 aliphatic carbocycles. The van der Waals surface area contributed by atoms with E-state index in [0.29, 0.717) is 5.56 Å². The van der Waals surface area contributed by atoms with Crippen molar-refractivity contribution in [1.29, 1.82) is 0 Å². The number of carbonyl (C=O) groups excluding carboxylic acids is 1. The minimum Gasteiger partial charge on any atom is -0.476 e. The number of anilines is 1. The molecule has 126 valence electrons. The molecule has 0 bridgehead atoms. The Morgan fingerprint density at radius 1 is 1.12 bits per heavy atom. The average Bonchev–Trinajstić information content (AvgIpc) is 2.47. The van der Waals surface area contributed by atoms with Crippen LogP contribution in [0.5, 0.6) is 5.75 Å². The molecule has 2 aromatic carbocycles. The molecule has 2 N–H and O–H groups in total. The summed E-state index contributed by atoms with van der Waals surface area (Å²) in [4.78, 5) is 22.5. The first-order chi connectivity index (χ1) is 11.3. The fourth-order valence-corrected chi connectivity index (χ4v) is 2.29. The summed E-state index contributed by atoms with van der Waals surface area (Å²) in [5.41, 5.74) is 3.56. The van der Waals surface area contributed by atoms with E-state index in [1.54, 1.807) is 12.1 Å². The molecule has 0 fully saturated rings. The number of benzene rings is 2. The molecule has 0 saturated carbocycles. The third-order valence-electron chi connectivity index (χ3n) is 3.23. The van der Waals surface area contributed by atoms with Gasteiger partial charge in [0, 0.05) is 5.69 Å². The molecule has 1 amide bonds. The number of carbonyl (C=O) groups is 2. The van der Waals surface area contributed by atoms with Gasteiger partial charge >= 0.3 is 12.3 Å². The zero-order valence-electron chi connectivity index (χ0n) is 13.4. The lowest BCUT2D eigenvalue weighted by Crippen LogP contribution is -2.21. The van der Waals surface area contributed by atoms with E-state index < -0.39 is 12.3 Å². The Morgan fingerprint density at radius 2 is 1.71 bits per heavy atom. The maximum atomic E-state index is 12.9. The van der Waals surface area contributed by atoms with Crippen LogP contribution < -0.4 is 10.1 Å². The van der Waals surface area contributed by atoms with Gasteiger partial charge in [0.05, 0.1) is 6.42 Å². The lowest BCUT2D eigenvalue weighted by Gasteiger charge is -2.09. The van der Waals surface area contributed by atoms with Crippen LogP contribution in [0, 0.1) is 13.8 Å². The quantitative estimate of drug-likeness (QED) is 0.852. The first kappa shape index (κ1) is 17.5. The summed E-state index contributed by atoms with van der Waals surface area (Å²) in [6, 6.07) is 11.8. The fourth-order valence-electron chi connectivity index (χ4n) is 2.29. The summed E-state index contributed by atoms with van der Waals surface area (Å²) in [7, 11) is 0. The lowest BCUT2D eigenvalue weighted by molar-refractivity contribution is -0.153. The van der Waals surface area contributed by atoms with E-state index >= 15 is 0 Å². The van der Waals surface area contributed by atoms with Gasteiger partial charge in [0.15, 0.2) is 0 Å². The number of amides is 1. The van der Waals surface area contributed by atoms with Crippen LogP contribution >= 0.6 is 0 Å². The van der Waals surface area contributed by atoms with Gasteiger partial charge in [-0.25, -0.2) is 4.79 Å². The summed E-state index contributed by atoms with van der Waals surface area (Å²) >= 11 is 0. The Bertz CT molecular complexity index is 723. The standard InChI is InChI=1S/C18H18FNO4/c1-11-7-12(2)9-14(8-11)20-16(21)10-13-3-5-15(6-4-13)24-17(19)18(22)23/h3-9,17H,10H2,1-2H3,(H,20,21)(H,22,23)/t17-/m0/s1. The molecule has 1 atom stereocenters. The first-order valence-electron chi connectivity index (χ1n) is 7.34. The molecular weight excluding hydrogens is 313 g/mol. The average molecular weight is 331 g/mol. The van der Waals surface area contributed by atoms with Crippen LogP contribution in [0.2, 0.25) is 0 Å². The number of hydrogen-bond donors (Lipinski definition) is 2. The highest BCUT2D eigenvalue weighted by Crippen LogP contribution is 2.17. The highest BCUT2D eigenvalue weighted by Gasteiger charge is 2.17. The minimum absolute atomic E-state index is 0.0865. The van der Waals surface area contributed by atoms with Crippen molar-refractivity contribution in [3.8, 4) is 5.75 Å². The maximum absolute atomic E-state index is 12.9. The van der Waals surface area contributed by atoms with E-state index in [2.05, 4.69) is 10.1 Å². The summed E-state index contributed by atoms with van der Waals surface area (Å²) in [5.74, 6) is -1.78. The van der Waals surface area contributed by atoms with E-state index in [9.17, 15) is 14.0 Å². The first-order valence-corrected chi connectivity index (χ1v) is 7.34. The number of alkyl halides is 1. The van der Waals surface area contributed by atoms with Crippen molar-refractivity contribution in [2.75, 3.05) is 5.32 Å². The molecule has 0 unspecified atom stereocenters. The Balaban J connectivity index is 1.95. The number of aryl methyl sites for hydroxylation is 2. The second-order valence-electron chi connectivity index (χ2n) is 5.52. The third kappa shape index (κ3) is 5.08. The van der Waals surface area contributed by atoms with Crippen molar-refractivity contribution < 1.29 is 23.8 Å². The van der Waals surface area contributed by atoms with Gasteiger partial charge in [-0.15, -0.1) is 0 Å². The number of aliphatic carboxylic acids is 1. The van der Waals surface area contributed by atoms with Crippen molar-refractivity contribution in [2.24, 2.45) is 0 Å². The van der Waals surface area contributed by atoms with E-state index in [1.165, 1.54) is 12.1 Å². The topological polar surface area (TPSA) is 75.6 Å². The van der Waals surface area contributed by atoms with E-state index in [1.807, 2.05) is 32.0 Å². The Labute approximate surface area is 139 Å². The fraction of sp³-hybridized carbons (Fsp3) is 0.222. The number of nitrogens with one attached hydrogen (secondary N) is 1. The van der Waals surface area contributed by atoms with Crippen molar-refractivity contribution in [3.63, 3.8) is 0 Å². The molecular formula is C18H18FNO4. The Morgan fingerprint density at radius 3 is 2.25 bits per heavy atom. The van der Waals surface area contributed by atoms with Crippen molar-refractivity contribution in [3.05, 3.63) is 59.2 Å². The summed E-state index contributed by atoms with van der Waals surface area (Å²) < 4.78 is 17.5. The van der Waals surface area contributed by atoms with Gasteiger partial charge < -0.3 is 15.2 Å². The number of halogens is 1. The molecule has 0 saturated heterocycles. The van der Waals surface area contributed by atoms with Gasteiger partial charge in [0.25, 0.3) is 0 Å². The van der Waals surface area contributed by atoms with Crippen molar-refractivity contribution >= 4 is 17.6 Å². The number of hydrogen-bond acceptors (Lipinski definition) is 3. The highest BCUT2D eigenvalue weighted by molar-refractivity contribution is 5.92. The predicted molar refractivity (Wildman–Crippen MR) is 87.9 cm³/mol. The van der Waals surface area contributed by atoms with Crippen LogP contribution in [-0.4, -0.2) is 23.3 Å². The summed E-state index contributed by atoms with van der Waals surface area (Å²) in [6.07, 6.45) is -2.27. The molecule has 0 aromatic heterocycles. The molecule has 0 aliphatic rings. The molecule has 0 heterocycles. The monoisotopic (exact) mass is 331 g/mol. The second kappa shape index (κ2) is 7.59. The highest BCUT2D eigenvalue weighted by atomic mass is 19.1. The van der Waals surface area contributed by atoms with Gasteiger partial charge in [-0.2, -0.15) is 4.39 Å². The van der Waals surface area contributed by atoms with Gasteiger partial charge in [-0.1, -0.05) is 18.2 Å². The molecule has 5 nitrogen and oxygen atoms in total. The zero-order valence-corrected chi connectivity index (χ0v) is 13.4. The Hall–Kier alpha value is -2.89. The van der Waals surface area contributed by atoms with Crippen LogP contribution in [0.3, 0.4) is 0 Å². The zero-order chi connectivity index (χ0) is 17.7. The van der Waals surface area contributed by atoms with E-state index in [-0.39, 0.29) is 18.1 Å². The number of ether oxygens (including phenoxy) is 1. The third-order valence-corrected chi connectivity index (χ3v) is 3.23. The molecule has 0 spiro atoms. The molecule has 0 aliphatic heterocycles. The molecule has 2 aromatic rings. The minimum atomic E-state index is -2.41. The van der Waals surface area contributed by atoms with Gasteiger partial charge in [0.2, 0.25) is 5.91 Å². The van der Waals surface area contributed by atoms with Crippen LogP contribution in [0.25, 0.3) is 0 Å². The van der Waals surface area contributed by atoms with Gasteiger partial charge in [-0.3, -0.25) is 4.79 Å². The van der Waals surface area contributed by atoms with Gasteiger partial charge in [0.1, 0.15) is 5.75 Å². The van der Waals surface area contributed by atoms with Crippen LogP contribution in [0.1, 0.15) is 16.7 Å². The lowest BCUT2D eigenvalue weighted by atomic mass is 10.1. The van der Waals surface area contributed by atoms with E-state index in [4.69, 9.17) is 5.11 Å². The molecule has 0 radical (unpaired) electrons. The van der Waals surface area contributed by atoms with Crippen LogP contribution in [-0.2, 0) is 16.0 Å². The van der Waals surface area contributed by atoms with E-state index in [0.717, 1.165) is 16.8 Å². The van der Waals surface area contributed by atoms with Crippen LogP contribution in [0.4, 0.5) is 10.1 Å². The van der Waals surface area contributed by atoms with Gasteiger partial charge in [-0.05, 0) is 54.8 Å². The Kier molecular flexibility index (Phi) is 5.52. The smallest absolute Gasteiger partial charge is 0.378 e. The molecule has 24 heavy (non-hydrogen) atoms. The largest absolute Gasteiger partial charge is 0.476 e. The number of carboxylic acid groups (broad SMARTS) is 1. The molecule has 2 rings (SSSR count). The molecule has 6 heteroatoms. The number of carboxylic acids is 1. The second-order valence-corrected chi connectivity index (χ2v) is 5.52. The summed E-state index contributed by atoms with van der Waals surface area (Å²) in [5, 5.41) is 11.3. The summed E-state index contributed by atoms with van der Waals surface area (Å²) in [6.45, 7) is 3.91. The predicted octanol–water partition coefficient (Wildman–Crippen LogP) is 3.24. The van der Waals surface area contributed by atoms with Crippen molar-refractivity contribution in [1.82, 2.24) is 0 Å². The normalized spacial score (nSPS) is 11.6. The van der Waals surface area contributed by atoms with Crippen molar-refractivity contribution in [2.45, 2.75) is 26.6 Å². The van der Waals surface area contributed by atoms with Crippen LogP contribution in [0.15, 0.2) is 42.5 Å². The maximum Gasteiger partial charge on any atom is 0.378 e.